The Kier molecular flexibility index (Phi) is 5.48. The van der Waals surface area contributed by atoms with Crippen LogP contribution in [0.2, 0.25) is 0 Å². The lowest BCUT2D eigenvalue weighted by Gasteiger charge is -2.27. The first-order valence-corrected chi connectivity index (χ1v) is 6.16. The molecule has 106 valence electrons. The van der Waals surface area contributed by atoms with Crippen molar-refractivity contribution in [1.82, 2.24) is 0 Å². The quantitative estimate of drug-likeness (QED) is 0.739. The monoisotopic (exact) mass is 267 g/mol. The minimum atomic E-state index is -0.402. The summed E-state index contributed by atoms with van der Waals surface area (Å²) in [4.78, 5) is 13.6. The number of hydrogen-bond donors (Lipinski definition) is 0. The fourth-order valence-corrected chi connectivity index (χ4v) is 1.70. The first kappa shape index (κ1) is 15.1. The van der Waals surface area contributed by atoms with E-state index < -0.39 is 6.04 Å². The van der Waals surface area contributed by atoms with Crippen LogP contribution < -0.4 is 14.4 Å². The van der Waals surface area contributed by atoms with E-state index >= 15 is 0 Å². The largest absolute Gasteiger partial charge is 0.497 e. The highest BCUT2D eigenvalue weighted by molar-refractivity contribution is 5.80. The Hall–Kier alpha value is -1.91. The van der Waals surface area contributed by atoms with Gasteiger partial charge in [0.1, 0.15) is 17.5 Å². The van der Waals surface area contributed by atoms with E-state index in [0.717, 1.165) is 5.69 Å². The summed E-state index contributed by atoms with van der Waals surface area (Å²) in [7, 11) is 5.01. The number of benzene rings is 1. The van der Waals surface area contributed by atoms with Gasteiger partial charge >= 0.3 is 5.97 Å². The van der Waals surface area contributed by atoms with Crippen LogP contribution in [-0.4, -0.2) is 39.9 Å². The summed E-state index contributed by atoms with van der Waals surface area (Å²) in [6.07, 6.45) is 0. The third-order valence-corrected chi connectivity index (χ3v) is 2.97. The zero-order valence-corrected chi connectivity index (χ0v) is 12.1. The summed E-state index contributed by atoms with van der Waals surface area (Å²) in [5.41, 5.74) is 0.780. The third kappa shape index (κ3) is 3.53. The number of carbonyl (C=O) groups excluding carboxylic acids is 1. The van der Waals surface area contributed by atoms with Gasteiger partial charge in [0, 0.05) is 13.1 Å². The van der Waals surface area contributed by atoms with Gasteiger partial charge in [0.2, 0.25) is 0 Å². The molecule has 0 saturated heterocycles. The molecule has 1 atom stereocenters. The van der Waals surface area contributed by atoms with E-state index in [0.29, 0.717) is 18.1 Å². The molecule has 0 radical (unpaired) electrons. The second-order valence-electron chi connectivity index (χ2n) is 4.08. The molecule has 0 aromatic heterocycles. The third-order valence-electron chi connectivity index (χ3n) is 2.97. The van der Waals surface area contributed by atoms with Crippen molar-refractivity contribution in [3.63, 3.8) is 0 Å². The minimum absolute atomic E-state index is 0.269. The zero-order valence-electron chi connectivity index (χ0n) is 12.1. The summed E-state index contributed by atoms with van der Waals surface area (Å²) >= 11 is 0. The van der Waals surface area contributed by atoms with Crippen LogP contribution in [0.5, 0.6) is 11.5 Å². The van der Waals surface area contributed by atoms with Crippen molar-refractivity contribution in [3.8, 4) is 11.5 Å². The average Bonchev–Trinajstić information content (AvgIpc) is 2.45. The number of anilines is 1. The number of hydrogen-bond acceptors (Lipinski definition) is 5. The fraction of sp³-hybridized carbons (Fsp3) is 0.500. The van der Waals surface area contributed by atoms with Crippen molar-refractivity contribution in [2.75, 3.05) is 32.8 Å². The predicted octanol–water partition coefficient (Wildman–Crippen LogP) is 2.09. The van der Waals surface area contributed by atoms with Gasteiger partial charge in [-0.05, 0) is 26.0 Å². The van der Waals surface area contributed by atoms with E-state index in [1.807, 2.05) is 25.2 Å². The molecule has 0 unspecified atom stereocenters. The minimum Gasteiger partial charge on any atom is -0.497 e. The van der Waals surface area contributed by atoms with Crippen LogP contribution in [0.3, 0.4) is 0 Å². The summed E-state index contributed by atoms with van der Waals surface area (Å²) in [6.45, 7) is 3.94. The molecule has 0 aliphatic heterocycles. The number of ether oxygens (including phenoxy) is 3. The molecule has 0 fully saturated rings. The Morgan fingerprint density at radius 1 is 1.32 bits per heavy atom. The first-order valence-electron chi connectivity index (χ1n) is 6.16. The van der Waals surface area contributed by atoms with Gasteiger partial charge in [-0.2, -0.15) is 0 Å². The first-order chi connectivity index (χ1) is 9.04. The molecule has 0 spiro atoms. The smallest absolute Gasteiger partial charge is 0.328 e. The lowest BCUT2D eigenvalue weighted by atomic mass is 10.2. The van der Waals surface area contributed by atoms with Crippen molar-refractivity contribution in [3.05, 3.63) is 18.2 Å². The Labute approximate surface area is 114 Å². The Balaban J connectivity index is 3.02. The van der Waals surface area contributed by atoms with Gasteiger partial charge < -0.3 is 19.1 Å². The van der Waals surface area contributed by atoms with Crippen LogP contribution in [0, 0.1) is 0 Å². The molecular formula is C14H21NO4. The van der Waals surface area contributed by atoms with Gasteiger partial charge in [0.05, 0.1) is 26.5 Å². The Bertz CT molecular complexity index is 433. The SMILES string of the molecule is CCOC(=O)[C@H](C)N(C)c1cc(OC)ccc1OC. The van der Waals surface area contributed by atoms with Crippen molar-refractivity contribution < 1.29 is 19.0 Å². The van der Waals surface area contributed by atoms with E-state index in [-0.39, 0.29) is 5.97 Å². The van der Waals surface area contributed by atoms with Crippen LogP contribution in [0.4, 0.5) is 5.69 Å². The number of esters is 1. The van der Waals surface area contributed by atoms with Gasteiger partial charge in [0.25, 0.3) is 0 Å². The topological polar surface area (TPSA) is 48.0 Å². The van der Waals surface area contributed by atoms with Gasteiger partial charge in [-0.25, -0.2) is 4.79 Å². The van der Waals surface area contributed by atoms with Gasteiger partial charge in [0.15, 0.2) is 0 Å². The summed E-state index contributed by atoms with van der Waals surface area (Å²) in [5.74, 6) is 1.12. The molecule has 0 amide bonds. The maximum atomic E-state index is 11.8. The number of nitrogens with zero attached hydrogens (tertiary/aromatic N) is 1. The molecule has 0 saturated carbocycles. The molecule has 1 aromatic rings. The van der Waals surface area contributed by atoms with E-state index in [1.54, 1.807) is 33.0 Å². The molecule has 0 bridgehead atoms. The number of carbonyl (C=O) groups is 1. The van der Waals surface area contributed by atoms with E-state index in [4.69, 9.17) is 14.2 Å². The normalized spacial score (nSPS) is 11.6. The van der Waals surface area contributed by atoms with E-state index in [9.17, 15) is 4.79 Å². The summed E-state index contributed by atoms with van der Waals surface area (Å²) in [6, 6.07) is 5.04. The summed E-state index contributed by atoms with van der Waals surface area (Å²) in [5, 5.41) is 0. The number of rotatable bonds is 6. The van der Waals surface area contributed by atoms with E-state index in [1.165, 1.54) is 0 Å². The second kappa shape index (κ2) is 6.87. The molecule has 0 aliphatic carbocycles. The second-order valence-corrected chi connectivity index (χ2v) is 4.08. The molecule has 0 heterocycles. The molecule has 5 nitrogen and oxygen atoms in total. The maximum Gasteiger partial charge on any atom is 0.328 e. The molecule has 0 aliphatic rings. The Morgan fingerprint density at radius 3 is 2.53 bits per heavy atom. The number of methoxy groups -OCH3 is 2. The van der Waals surface area contributed by atoms with Crippen LogP contribution >= 0.6 is 0 Å². The van der Waals surface area contributed by atoms with Crippen molar-refractivity contribution in [2.24, 2.45) is 0 Å². The average molecular weight is 267 g/mol. The molecule has 5 heteroatoms. The van der Waals surface area contributed by atoms with Crippen LogP contribution in [0.1, 0.15) is 13.8 Å². The van der Waals surface area contributed by atoms with Crippen LogP contribution in [-0.2, 0) is 9.53 Å². The highest BCUT2D eigenvalue weighted by Gasteiger charge is 2.22. The van der Waals surface area contributed by atoms with Gasteiger partial charge in [-0.1, -0.05) is 0 Å². The van der Waals surface area contributed by atoms with Crippen molar-refractivity contribution >= 4 is 11.7 Å². The lowest BCUT2D eigenvalue weighted by Crippen LogP contribution is -2.37. The molecular weight excluding hydrogens is 246 g/mol. The predicted molar refractivity (Wildman–Crippen MR) is 74.0 cm³/mol. The van der Waals surface area contributed by atoms with Crippen LogP contribution in [0.25, 0.3) is 0 Å². The molecule has 1 rings (SSSR count). The molecule has 1 aromatic carbocycles. The molecule has 0 N–H and O–H groups in total. The maximum absolute atomic E-state index is 11.8. The van der Waals surface area contributed by atoms with Crippen molar-refractivity contribution in [1.29, 1.82) is 0 Å². The van der Waals surface area contributed by atoms with Crippen molar-refractivity contribution in [2.45, 2.75) is 19.9 Å². The summed E-state index contributed by atoms with van der Waals surface area (Å²) < 4.78 is 15.5. The van der Waals surface area contributed by atoms with Gasteiger partial charge in [-0.15, -0.1) is 0 Å². The highest BCUT2D eigenvalue weighted by atomic mass is 16.5. The van der Waals surface area contributed by atoms with Gasteiger partial charge in [-0.3, -0.25) is 0 Å². The lowest BCUT2D eigenvalue weighted by molar-refractivity contribution is -0.144. The number of likely N-dealkylation sites (N-methyl/N-ethyl adjacent to an activating group) is 1. The fourth-order valence-electron chi connectivity index (χ4n) is 1.70. The standard InChI is InChI=1S/C14H21NO4/c1-6-19-14(16)10(2)15(3)12-9-11(17-4)7-8-13(12)18-5/h7-10H,6H2,1-5H3/t10-/m0/s1. The molecule has 19 heavy (non-hydrogen) atoms. The van der Waals surface area contributed by atoms with Crippen LogP contribution in [0.15, 0.2) is 18.2 Å². The van der Waals surface area contributed by atoms with E-state index in [2.05, 4.69) is 0 Å². The zero-order chi connectivity index (χ0) is 14.4. The highest BCUT2D eigenvalue weighted by Crippen LogP contribution is 2.32. The Morgan fingerprint density at radius 2 is 2.00 bits per heavy atom.